The van der Waals surface area contributed by atoms with Crippen LogP contribution in [-0.4, -0.2) is 59.9 Å². The third-order valence-corrected chi connectivity index (χ3v) is 5.00. The number of nitrogens with zero attached hydrogens (tertiary/aromatic N) is 1. The van der Waals surface area contributed by atoms with Gasteiger partial charge in [0.25, 0.3) is 0 Å². The van der Waals surface area contributed by atoms with E-state index in [0.717, 1.165) is 38.6 Å². The highest BCUT2D eigenvalue weighted by Gasteiger charge is 2.47. The van der Waals surface area contributed by atoms with Crippen molar-refractivity contribution in [2.24, 2.45) is 0 Å². The highest BCUT2D eigenvalue weighted by atomic mass is 16.5. The lowest BCUT2D eigenvalue weighted by atomic mass is 9.78. The van der Waals surface area contributed by atoms with Gasteiger partial charge in [-0.05, 0) is 52.0 Å². The van der Waals surface area contributed by atoms with Gasteiger partial charge in [0.15, 0.2) is 0 Å². The van der Waals surface area contributed by atoms with Crippen LogP contribution in [0.5, 0.6) is 0 Å². The summed E-state index contributed by atoms with van der Waals surface area (Å²) < 4.78 is 5.28. The number of carboxylic acids is 1. The fourth-order valence-corrected chi connectivity index (χ4v) is 3.80. The second kappa shape index (κ2) is 7.07. The molecule has 0 radical (unpaired) electrons. The normalized spacial score (nSPS) is 31.3. The van der Waals surface area contributed by atoms with Crippen LogP contribution in [0.2, 0.25) is 0 Å². The predicted molar refractivity (Wildman–Crippen MR) is 82.5 cm³/mol. The van der Waals surface area contributed by atoms with Crippen LogP contribution in [-0.2, 0) is 9.53 Å². The maximum Gasteiger partial charge on any atom is 0.323 e. The fraction of sp³-hybridized carbons (Fsp3) is 0.938. The topological polar surface area (TPSA) is 61.8 Å². The van der Waals surface area contributed by atoms with Crippen molar-refractivity contribution in [1.29, 1.82) is 0 Å². The average Bonchev–Trinajstić information content (AvgIpc) is 3.24. The van der Waals surface area contributed by atoms with Gasteiger partial charge in [0.05, 0.1) is 6.61 Å². The number of aliphatic carboxylic acids is 1. The van der Waals surface area contributed by atoms with E-state index in [1.807, 2.05) is 0 Å². The zero-order chi connectivity index (χ0) is 15.5. The molecule has 0 heterocycles. The van der Waals surface area contributed by atoms with Gasteiger partial charge in [-0.3, -0.25) is 15.0 Å². The summed E-state index contributed by atoms with van der Waals surface area (Å²) in [4.78, 5) is 14.3. The van der Waals surface area contributed by atoms with Crippen LogP contribution < -0.4 is 5.32 Å². The second-order valence-corrected chi connectivity index (χ2v) is 6.69. The van der Waals surface area contributed by atoms with E-state index in [9.17, 15) is 9.90 Å². The van der Waals surface area contributed by atoms with Gasteiger partial charge < -0.3 is 9.84 Å². The second-order valence-electron chi connectivity index (χ2n) is 6.69. The minimum Gasteiger partial charge on any atom is -0.480 e. The van der Waals surface area contributed by atoms with Gasteiger partial charge in [0.1, 0.15) is 5.54 Å². The van der Waals surface area contributed by atoms with Crippen molar-refractivity contribution in [3.8, 4) is 0 Å². The third-order valence-electron chi connectivity index (χ3n) is 5.00. The first kappa shape index (κ1) is 16.7. The van der Waals surface area contributed by atoms with E-state index >= 15 is 0 Å². The van der Waals surface area contributed by atoms with Crippen molar-refractivity contribution in [3.05, 3.63) is 0 Å². The summed E-state index contributed by atoms with van der Waals surface area (Å²) in [5.74, 6) is -0.672. The van der Waals surface area contributed by atoms with Crippen LogP contribution in [0, 0.1) is 0 Å². The Morgan fingerprint density at radius 3 is 2.71 bits per heavy atom. The predicted octanol–water partition coefficient (Wildman–Crippen LogP) is 1.86. The quantitative estimate of drug-likeness (QED) is 0.716. The van der Waals surface area contributed by atoms with Crippen LogP contribution >= 0.6 is 0 Å². The highest BCUT2D eigenvalue weighted by Crippen LogP contribution is 2.35. The zero-order valence-corrected chi connectivity index (χ0v) is 13.6. The standard InChI is InChI=1S/C16H30N2O3/c1-4-18(12(2)11-21-3)14-6-5-9-16(10-14,15(19)20)17-13-7-8-13/h12-14,17H,4-11H2,1-3H3,(H,19,20). The van der Waals surface area contributed by atoms with Crippen LogP contribution in [0.4, 0.5) is 0 Å². The molecule has 0 aromatic rings. The van der Waals surface area contributed by atoms with Gasteiger partial charge in [-0.2, -0.15) is 0 Å². The molecular formula is C16H30N2O3. The minimum absolute atomic E-state index is 0.329. The van der Waals surface area contributed by atoms with E-state index in [2.05, 4.69) is 24.1 Å². The Balaban J connectivity index is 2.07. The van der Waals surface area contributed by atoms with E-state index in [1.54, 1.807) is 7.11 Å². The van der Waals surface area contributed by atoms with Crippen molar-refractivity contribution in [1.82, 2.24) is 10.2 Å². The fourth-order valence-electron chi connectivity index (χ4n) is 3.80. The summed E-state index contributed by atoms with van der Waals surface area (Å²) in [6, 6.07) is 1.08. The SMILES string of the molecule is CCN(C(C)COC)C1CCCC(NC2CC2)(C(=O)O)C1. The lowest BCUT2D eigenvalue weighted by molar-refractivity contribution is -0.148. The van der Waals surface area contributed by atoms with Crippen molar-refractivity contribution in [3.63, 3.8) is 0 Å². The van der Waals surface area contributed by atoms with Crippen molar-refractivity contribution >= 4 is 5.97 Å². The number of nitrogens with one attached hydrogen (secondary N) is 1. The molecule has 2 fully saturated rings. The molecule has 2 rings (SSSR count). The van der Waals surface area contributed by atoms with Crippen LogP contribution in [0.25, 0.3) is 0 Å². The Morgan fingerprint density at radius 1 is 1.48 bits per heavy atom. The van der Waals surface area contributed by atoms with Crippen LogP contribution in [0.1, 0.15) is 52.4 Å². The molecule has 0 spiro atoms. The third kappa shape index (κ3) is 3.96. The molecule has 2 aliphatic carbocycles. The number of methoxy groups -OCH3 is 1. The monoisotopic (exact) mass is 298 g/mol. The van der Waals surface area contributed by atoms with Crippen molar-refractivity contribution in [2.45, 2.75) is 76.0 Å². The Labute approximate surface area is 128 Å². The molecule has 0 aromatic heterocycles. The molecule has 0 aromatic carbocycles. The number of rotatable bonds is 8. The lowest BCUT2D eigenvalue weighted by Gasteiger charge is -2.44. The van der Waals surface area contributed by atoms with Crippen molar-refractivity contribution < 1.29 is 14.6 Å². The molecule has 122 valence electrons. The Kier molecular flexibility index (Phi) is 5.63. The molecule has 3 unspecified atom stereocenters. The molecule has 21 heavy (non-hydrogen) atoms. The molecule has 2 N–H and O–H groups in total. The Morgan fingerprint density at radius 2 is 2.19 bits per heavy atom. The molecule has 2 aliphatic rings. The van der Waals surface area contributed by atoms with Crippen LogP contribution in [0.3, 0.4) is 0 Å². The molecule has 5 heteroatoms. The maximum atomic E-state index is 11.9. The first-order valence-electron chi connectivity index (χ1n) is 8.28. The molecular weight excluding hydrogens is 268 g/mol. The van der Waals surface area contributed by atoms with E-state index in [-0.39, 0.29) is 0 Å². The number of hydrogen-bond acceptors (Lipinski definition) is 4. The van der Waals surface area contributed by atoms with Gasteiger partial charge >= 0.3 is 5.97 Å². The van der Waals surface area contributed by atoms with E-state index in [0.29, 0.717) is 31.2 Å². The summed E-state index contributed by atoms with van der Waals surface area (Å²) in [5, 5.41) is 13.2. The summed E-state index contributed by atoms with van der Waals surface area (Å²) >= 11 is 0. The minimum atomic E-state index is -0.718. The van der Waals surface area contributed by atoms with Gasteiger partial charge in [0, 0.05) is 25.2 Å². The summed E-state index contributed by atoms with van der Waals surface area (Å²) in [6.45, 7) is 5.95. The summed E-state index contributed by atoms with van der Waals surface area (Å²) in [6.07, 6.45) is 5.77. The number of carboxylic acid groups (broad SMARTS) is 1. The van der Waals surface area contributed by atoms with Gasteiger partial charge in [0.2, 0.25) is 0 Å². The molecule has 0 amide bonds. The molecule has 5 nitrogen and oxygen atoms in total. The number of carbonyl (C=O) groups is 1. The molecule has 0 saturated heterocycles. The van der Waals surface area contributed by atoms with E-state index in [4.69, 9.17) is 4.74 Å². The number of hydrogen-bond donors (Lipinski definition) is 2. The van der Waals surface area contributed by atoms with E-state index < -0.39 is 11.5 Å². The van der Waals surface area contributed by atoms with Gasteiger partial charge in [-0.15, -0.1) is 0 Å². The number of ether oxygens (including phenoxy) is 1. The average molecular weight is 298 g/mol. The molecule has 0 bridgehead atoms. The summed E-state index contributed by atoms with van der Waals surface area (Å²) in [7, 11) is 1.72. The smallest absolute Gasteiger partial charge is 0.323 e. The maximum absolute atomic E-state index is 11.9. The molecule has 2 saturated carbocycles. The van der Waals surface area contributed by atoms with E-state index in [1.165, 1.54) is 0 Å². The number of likely N-dealkylation sites (N-methyl/N-ethyl adjacent to an activating group) is 1. The lowest BCUT2D eigenvalue weighted by Crippen LogP contribution is -2.60. The Hall–Kier alpha value is -0.650. The van der Waals surface area contributed by atoms with Crippen molar-refractivity contribution in [2.75, 3.05) is 20.3 Å². The molecule has 0 aliphatic heterocycles. The highest BCUT2D eigenvalue weighted by molar-refractivity contribution is 5.79. The summed E-state index contributed by atoms with van der Waals surface area (Å²) in [5.41, 5.74) is -0.718. The largest absolute Gasteiger partial charge is 0.480 e. The van der Waals surface area contributed by atoms with Gasteiger partial charge in [-0.1, -0.05) is 6.92 Å². The first-order chi connectivity index (χ1) is 10.0. The molecule has 3 atom stereocenters. The first-order valence-corrected chi connectivity index (χ1v) is 8.28. The zero-order valence-electron chi connectivity index (χ0n) is 13.6. The van der Waals surface area contributed by atoms with Crippen LogP contribution in [0.15, 0.2) is 0 Å². The Bertz CT molecular complexity index is 359. The van der Waals surface area contributed by atoms with Gasteiger partial charge in [-0.25, -0.2) is 0 Å².